The first-order valence-electron chi connectivity index (χ1n) is 11.1. The van der Waals surface area contributed by atoms with Gasteiger partial charge in [-0.05, 0) is 26.7 Å². The molecule has 0 bridgehead atoms. The molecule has 4 aliphatic rings. The van der Waals surface area contributed by atoms with Crippen molar-refractivity contribution in [2.24, 2.45) is 23.2 Å². The normalized spacial score (nSPS) is 43.3. The van der Waals surface area contributed by atoms with Gasteiger partial charge in [0.1, 0.15) is 17.6 Å². The average molecular weight is 468 g/mol. The van der Waals surface area contributed by atoms with Gasteiger partial charge in [-0.2, -0.15) is 0 Å². The Morgan fingerprint density at radius 3 is 2.42 bits per heavy atom. The predicted molar refractivity (Wildman–Crippen MR) is 110 cm³/mol. The van der Waals surface area contributed by atoms with Crippen molar-refractivity contribution in [2.45, 2.75) is 76.5 Å². The first-order chi connectivity index (χ1) is 15.5. The van der Waals surface area contributed by atoms with Gasteiger partial charge in [0.15, 0.2) is 18.2 Å². The second-order valence-electron chi connectivity index (χ2n) is 9.61. The van der Waals surface area contributed by atoms with Crippen molar-refractivity contribution in [3.05, 3.63) is 12.2 Å². The summed E-state index contributed by atoms with van der Waals surface area (Å²) in [5.41, 5.74) is -3.44. The van der Waals surface area contributed by atoms with E-state index in [1.807, 2.05) is 0 Å². The Balaban J connectivity index is 1.92. The molecule has 0 amide bonds. The Bertz CT molecular complexity index is 886. The SMILES string of the molecule is C=C(C)[C@H]([C@H](C)OC(C)=O)C12C(OC(O)[C@@H]1OC)OC13C(=O)OC12CC[C@@H]3C(C)C(=O)OC. The van der Waals surface area contributed by atoms with Crippen LogP contribution >= 0.6 is 0 Å². The van der Waals surface area contributed by atoms with Crippen LogP contribution in [0.2, 0.25) is 0 Å². The van der Waals surface area contributed by atoms with Crippen LogP contribution in [0.25, 0.3) is 0 Å². The molecule has 3 heterocycles. The molecular formula is C23H32O10. The lowest BCUT2D eigenvalue weighted by molar-refractivity contribution is -0.299. The van der Waals surface area contributed by atoms with Crippen LogP contribution in [-0.2, 0) is 42.8 Å². The van der Waals surface area contributed by atoms with Gasteiger partial charge in [-0.1, -0.05) is 19.1 Å². The smallest absolute Gasteiger partial charge is 0.343 e. The van der Waals surface area contributed by atoms with E-state index in [2.05, 4.69) is 6.58 Å². The first kappa shape index (κ1) is 24.1. The van der Waals surface area contributed by atoms with E-state index in [1.165, 1.54) is 21.1 Å². The molecule has 4 rings (SSSR count). The van der Waals surface area contributed by atoms with Crippen molar-refractivity contribution < 1.29 is 47.9 Å². The number of methoxy groups -OCH3 is 2. The average Bonchev–Trinajstić information content (AvgIpc) is 3.21. The minimum Gasteiger partial charge on any atom is -0.469 e. The minimum atomic E-state index is -1.49. The summed E-state index contributed by atoms with van der Waals surface area (Å²) in [6.45, 7) is 10.6. The second-order valence-corrected chi connectivity index (χ2v) is 9.61. The Morgan fingerprint density at radius 1 is 1.24 bits per heavy atom. The molecule has 0 aromatic heterocycles. The summed E-state index contributed by atoms with van der Waals surface area (Å²) in [5, 5.41) is 10.8. The van der Waals surface area contributed by atoms with E-state index in [-0.39, 0.29) is 0 Å². The van der Waals surface area contributed by atoms with Gasteiger partial charge in [-0.3, -0.25) is 9.59 Å². The molecule has 0 radical (unpaired) electrons. The second kappa shape index (κ2) is 7.76. The molecule has 10 heteroatoms. The van der Waals surface area contributed by atoms with Crippen molar-refractivity contribution in [3.8, 4) is 0 Å². The van der Waals surface area contributed by atoms with Gasteiger partial charge in [0, 0.05) is 25.9 Å². The highest BCUT2D eigenvalue weighted by atomic mass is 16.8. The number of ether oxygens (including phenoxy) is 6. The maximum absolute atomic E-state index is 13.2. The molecule has 4 fully saturated rings. The van der Waals surface area contributed by atoms with Gasteiger partial charge in [-0.15, -0.1) is 0 Å². The summed E-state index contributed by atoms with van der Waals surface area (Å²) in [5.74, 6) is -3.40. The van der Waals surface area contributed by atoms with E-state index in [9.17, 15) is 19.5 Å². The largest absolute Gasteiger partial charge is 0.469 e. The van der Waals surface area contributed by atoms with Crippen molar-refractivity contribution in [1.82, 2.24) is 0 Å². The standard InChI is InChI=1S/C23H32O10/c1-10(2)15(12(4)30-13(5)24)22-16(28-6)18(26)31-20(22)33-23-14(11(3)17(25)29-7)8-9-21(22,23)32-19(23)27/h11-12,14-16,18,20,26H,1,8-9H2,2-7H3/t11?,12-,14+,15+,16-,18?,20?,21?,22?,23?/m0/s1. The van der Waals surface area contributed by atoms with Crippen molar-refractivity contribution in [3.63, 3.8) is 0 Å². The molecule has 184 valence electrons. The lowest BCUT2D eigenvalue weighted by Gasteiger charge is -2.58. The number of fused-ring (bicyclic) bond motifs is 1. The Labute approximate surface area is 192 Å². The molecule has 0 spiro atoms. The third-order valence-corrected chi connectivity index (χ3v) is 8.17. The summed E-state index contributed by atoms with van der Waals surface area (Å²) in [7, 11) is 2.72. The maximum Gasteiger partial charge on any atom is 0.343 e. The maximum atomic E-state index is 13.2. The minimum absolute atomic E-state index is 0.341. The number of hydrogen-bond acceptors (Lipinski definition) is 10. The van der Waals surface area contributed by atoms with Crippen LogP contribution in [0.4, 0.5) is 0 Å². The van der Waals surface area contributed by atoms with Crippen molar-refractivity contribution >= 4 is 17.9 Å². The van der Waals surface area contributed by atoms with E-state index in [1.54, 1.807) is 20.8 Å². The topological polar surface area (TPSA) is 127 Å². The molecule has 0 aromatic carbocycles. The highest BCUT2D eigenvalue weighted by molar-refractivity contribution is 5.92. The Morgan fingerprint density at radius 2 is 1.91 bits per heavy atom. The molecule has 1 aliphatic carbocycles. The first-order valence-corrected chi connectivity index (χ1v) is 11.1. The molecule has 0 aromatic rings. The van der Waals surface area contributed by atoms with Gasteiger partial charge in [0.05, 0.1) is 13.0 Å². The van der Waals surface area contributed by atoms with E-state index in [0.717, 1.165) is 0 Å². The summed E-state index contributed by atoms with van der Waals surface area (Å²) in [4.78, 5) is 37.5. The molecule has 3 saturated heterocycles. The van der Waals surface area contributed by atoms with E-state index in [0.29, 0.717) is 18.4 Å². The zero-order valence-electron chi connectivity index (χ0n) is 19.8. The van der Waals surface area contributed by atoms with Gasteiger partial charge in [0.25, 0.3) is 0 Å². The van der Waals surface area contributed by atoms with Gasteiger partial charge in [-0.25, -0.2) is 4.79 Å². The van der Waals surface area contributed by atoms with Crippen LogP contribution in [0, 0.1) is 23.2 Å². The molecule has 1 N–H and O–H groups in total. The van der Waals surface area contributed by atoms with E-state index in [4.69, 9.17) is 28.4 Å². The number of hydrogen-bond donors (Lipinski definition) is 1. The number of aliphatic hydroxyl groups excluding tert-OH is 1. The zero-order valence-corrected chi connectivity index (χ0v) is 19.8. The van der Waals surface area contributed by atoms with Crippen LogP contribution in [0.1, 0.15) is 40.5 Å². The number of aliphatic hydroxyl groups is 1. The Kier molecular flexibility index (Phi) is 5.67. The Hall–Kier alpha value is -2.01. The van der Waals surface area contributed by atoms with Gasteiger partial charge in [0.2, 0.25) is 5.60 Å². The van der Waals surface area contributed by atoms with E-state index >= 15 is 0 Å². The fourth-order valence-corrected chi connectivity index (χ4v) is 7.30. The molecule has 10 nitrogen and oxygen atoms in total. The predicted octanol–water partition coefficient (Wildman–Crippen LogP) is 1.09. The highest BCUT2D eigenvalue weighted by Gasteiger charge is 2.94. The fourth-order valence-electron chi connectivity index (χ4n) is 7.30. The molecule has 3 aliphatic heterocycles. The molecular weight excluding hydrogens is 436 g/mol. The summed E-state index contributed by atoms with van der Waals surface area (Å²) >= 11 is 0. The third kappa shape index (κ3) is 2.66. The van der Waals surface area contributed by atoms with E-state index < -0.39 is 77.1 Å². The van der Waals surface area contributed by atoms with Crippen LogP contribution in [0.5, 0.6) is 0 Å². The lowest BCUT2D eigenvalue weighted by Crippen LogP contribution is -2.78. The molecule has 33 heavy (non-hydrogen) atoms. The quantitative estimate of drug-likeness (QED) is 0.329. The summed E-state index contributed by atoms with van der Waals surface area (Å²) in [6.07, 6.45) is -3.43. The zero-order chi connectivity index (χ0) is 24.5. The van der Waals surface area contributed by atoms with Gasteiger partial charge < -0.3 is 33.5 Å². The number of esters is 3. The molecule has 10 atom stereocenters. The van der Waals surface area contributed by atoms with Crippen LogP contribution in [0.15, 0.2) is 12.2 Å². The summed E-state index contributed by atoms with van der Waals surface area (Å²) < 4.78 is 34.5. The number of rotatable bonds is 7. The third-order valence-electron chi connectivity index (χ3n) is 8.17. The highest BCUT2D eigenvalue weighted by Crippen LogP contribution is 2.76. The van der Waals surface area contributed by atoms with Crippen LogP contribution in [-0.4, -0.2) is 73.2 Å². The van der Waals surface area contributed by atoms with Gasteiger partial charge >= 0.3 is 17.9 Å². The lowest BCUT2D eigenvalue weighted by atomic mass is 9.52. The van der Waals surface area contributed by atoms with Crippen molar-refractivity contribution in [2.75, 3.05) is 14.2 Å². The number of carbonyl (C=O) groups excluding carboxylic acids is 3. The fraction of sp³-hybridized carbons (Fsp3) is 0.783. The number of carbonyl (C=O) groups is 3. The molecule has 1 saturated carbocycles. The van der Waals surface area contributed by atoms with Crippen molar-refractivity contribution in [1.29, 1.82) is 0 Å². The van der Waals surface area contributed by atoms with Crippen LogP contribution < -0.4 is 0 Å². The molecule has 6 unspecified atom stereocenters. The monoisotopic (exact) mass is 468 g/mol. The summed E-state index contributed by atoms with van der Waals surface area (Å²) in [6, 6.07) is 0. The van der Waals surface area contributed by atoms with Crippen LogP contribution in [0.3, 0.4) is 0 Å².